The van der Waals surface area contributed by atoms with E-state index in [1.807, 2.05) is 29.1 Å². The third kappa shape index (κ3) is 3.40. The number of rotatable bonds is 5. The maximum absolute atomic E-state index is 12.2. The van der Waals surface area contributed by atoms with E-state index in [9.17, 15) is 14.9 Å². The quantitative estimate of drug-likeness (QED) is 0.417. The molecule has 0 unspecified atom stereocenters. The van der Waals surface area contributed by atoms with Gasteiger partial charge in [0, 0.05) is 23.6 Å². The number of carbonyl (C=O) groups is 1. The highest BCUT2D eigenvalue weighted by molar-refractivity contribution is 5.95. The molecule has 4 rings (SSSR count). The number of hydrogen-bond donors (Lipinski definition) is 1. The average molecular weight is 378 g/mol. The maximum Gasteiger partial charge on any atom is 0.282 e. The first-order valence-corrected chi connectivity index (χ1v) is 8.27. The topological polar surface area (TPSA) is 108 Å². The van der Waals surface area contributed by atoms with Gasteiger partial charge in [0.2, 0.25) is 6.79 Å². The van der Waals surface area contributed by atoms with Gasteiger partial charge in [-0.2, -0.15) is 5.10 Å². The van der Waals surface area contributed by atoms with Crippen molar-refractivity contribution < 1.29 is 19.2 Å². The highest BCUT2D eigenvalue weighted by Crippen LogP contribution is 2.37. The monoisotopic (exact) mass is 378 g/mol. The van der Waals surface area contributed by atoms with Crippen LogP contribution in [0.2, 0.25) is 0 Å². The zero-order chi connectivity index (χ0) is 19.5. The van der Waals surface area contributed by atoms with Crippen LogP contribution in [0.1, 0.15) is 15.9 Å². The molecule has 0 aliphatic carbocycles. The molecule has 9 heteroatoms. The molecule has 0 saturated heterocycles. The minimum atomic E-state index is -0.550. The third-order valence-corrected chi connectivity index (χ3v) is 4.12. The van der Waals surface area contributed by atoms with Crippen LogP contribution in [0.5, 0.6) is 11.5 Å². The summed E-state index contributed by atoms with van der Waals surface area (Å²) in [6.45, 7) is 0.00280. The molecule has 2 heterocycles. The first-order chi connectivity index (χ1) is 13.6. The van der Waals surface area contributed by atoms with Crippen molar-refractivity contribution in [1.29, 1.82) is 0 Å². The van der Waals surface area contributed by atoms with Crippen LogP contribution in [0.3, 0.4) is 0 Å². The number of nitrogens with one attached hydrogen (secondary N) is 1. The smallest absolute Gasteiger partial charge is 0.282 e. The molecule has 28 heavy (non-hydrogen) atoms. The van der Waals surface area contributed by atoms with Crippen LogP contribution in [0.15, 0.2) is 66.0 Å². The number of nitro benzene ring substituents is 1. The molecular weight excluding hydrogens is 364 g/mol. The highest BCUT2D eigenvalue weighted by Gasteiger charge is 2.22. The van der Waals surface area contributed by atoms with Crippen molar-refractivity contribution in [3.63, 3.8) is 0 Å². The second kappa shape index (κ2) is 7.23. The number of carbonyl (C=O) groups excluding carboxylic acids is 1. The molecule has 1 amide bonds. The molecular formula is C19H14N4O5. The van der Waals surface area contributed by atoms with E-state index in [4.69, 9.17) is 9.47 Å². The standard InChI is InChI=1S/C19H14N4O5/c24-19(13-3-5-15(6-4-13)22-7-1-2-8-22)21-20-11-14-9-17-18(28-12-27-17)10-16(14)23(25)26/h1-11H,12H2,(H,21,24)/b20-11-. The Morgan fingerprint density at radius 2 is 1.82 bits per heavy atom. The van der Waals surface area contributed by atoms with Crippen LogP contribution in [0, 0.1) is 10.1 Å². The summed E-state index contributed by atoms with van der Waals surface area (Å²) in [4.78, 5) is 22.9. The Morgan fingerprint density at radius 3 is 2.50 bits per heavy atom. The fourth-order valence-corrected chi connectivity index (χ4v) is 2.73. The van der Waals surface area contributed by atoms with E-state index in [1.54, 1.807) is 24.3 Å². The fraction of sp³-hybridized carbons (Fsp3) is 0.0526. The summed E-state index contributed by atoms with van der Waals surface area (Å²) < 4.78 is 12.3. The molecule has 0 radical (unpaired) electrons. The van der Waals surface area contributed by atoms with Gasteiger partial charge in [-0.05, 0) is 42.5 Å². The summed E-state index contributed by atoms with van der Waals surface area (Å²) in [7, 11) is 0. The van der Waals surface area contributed by atoms with Crippen molar-refractivity contribution in [2.45, 2.75) is 0 Å². The van der Waals surface area contributed by atoms with Gasteiger partial charge in [0.25, 0.3) is 11.6 Å². The molecule has 0 spiro atoms. The number of fused-ring (bicyclic) bond motifs is 1. The van der Waals surface area contributed by atoms with Gasteiger partial charge in [-0.15, -0.1) is 0 Å². The van der Waals surface area contributed by atoms with Crippen LogP contribution >= 0.6 is 0 Å². The van der Waals surface area contributed by atoms with E-state index in [0.29, 0.717) is 17.1 Å². The SMILES string of the molecule is O=C(N/N=C\c1cc2c(cc1[N+](=O)[O-])OCO2)c1ccc(-n2cccc2)cc1. The van der Waals surface area contributed by atoms with Crippen molar-refractivity contribution >= 4 is 17.8 Å². The Morgan fingerprint density at radius 1 is 1.14 bits per heavy atom. The van der Waals surface area contributed by atoms with Crippen LogP contribution in [-0.4, -0.2) is 28.4 Å². The molecule has 1 aliphatic rings. The van der Waals surface area contributed by atoms with Gasteiger partial charge in [0.1, 0.15) is 0 Å². The van der Waals surface area contributed by atoms with Gasteiger partial charge >= 0.3 is 0 Å². The lowest BCUT2D eigenvalue weighted by Crippen LogP contribution is -2.17. The van der Waals surface area contributed by atoms with Gasteiger partial charge in [-0.3, -0.25) is 14.9 Å². The van der Waals surface area contributed by atoms with Crippen LogP contribution < -0.4 is 14.9 Å². The number of hydrogen-bond acceptors (Lipinski definition) is 6. The highest BCUT2D eigenvalue weighted by atomic mass is 16.7. The predicted molar refractivity (Wildman–Crippen MR) is 100 cm³/mol. The molecule has 2 aromatic carbocycles. The number of benzene rings is 2. The molecule has 140 valence electrons. The lowest BCUT2D eigenvalue weighted by Gasteiger charge is -2.04. The number of hydrazone groups is 1. The lowest BCUT2D eigenvalue weighted by molar-refractivity contribution is -0.385. The van der Waals surface area contributed by atoms with Gasteiger partial charge in [-0.1, -0.05) is 0 Å². The molecule has 9 nitrogen and oxygen atoms in total. The van der Waals surface area contributed by atoms with Crippen LogP contribution in [-0.2, 0) is 0 Å². The Balaban J connectivity index is 1.48. The number of aromatic nitrogens is 1. The van der Waals surface area contributed by atoms with Crippen LogP contribution in [0.25, 0.3) is 5.69 Å². The summed E-state index contributed by atoms with van der Waals surface area (Å²) in [6, 6.07) is 13.5. The summed E-state index contributed by atoms with van der Waals surface area (Å²) in [5, 5.41) is 15.1. The average Bonchev–Trinajstić information content (AvgIpc) is 3.39. The number of ether oxygens (including phenoxy) is 2. The molecule has 1 aliphatic heterocycles. The first kappa shape index (κ1) is 17.3. The largest absolute Gasteiger partial charge is 0.454 e. The van der Waals surface area contributed by atoms with Crippen molar-refractivity contribution in [2.75, 3.05) is 6.79 Å². The van der Waals surface area contributed by atoms with Crippen molar-refractivity contribution in [3.05, 3.63) is 82.2 Å². The summed E-state index contributed by atoms with van der Waals surface area (Å²) in [5.41, 5.74) is 3.69. The van der Waals surface area contributed by atoms with Crippen molar-refractivity contribution in [2.24, 2.45) is 5.10 Å². The molecule has 1 aromatic heterocycles. The molecule has 0 saturated carbocycles. The minimum Gasteiger partial charge on any atom is -0.454 e. The van der Waals surface area contributed by atoms with E-state index in [0.717, 1.165) is 5.69 Å². The molecule has 0 bridgehead atoms. The normalized spacial score (nSPS) is 12.3. The third-order valence-electron chi connectivity index (χ3n) is 4.12. The number of nitrogens with zero attached hydrogens (tertiary/aromatic N) is 3. The van der Waals surface area contributed by atoms with E-state index < -0.39 is 10.8 Å². The number of amides is 1. The molecule has 3 aromatic rings. The summed E-state index contributed by atoms with van der Waals surface area (Å²) in [6.07, 6.45) is 5.00. The maximum atomic E-state index is 12.2. The van der Waals surface area contributed by atoms with Gasteiger partial charge in [0.05, 0.1) is 22.8 Å². The summed E-state index contributed by atoms with van der Waals surface area (Å²) in [5.74, 6) is 0.258. The Bertz CT molecular complexity index is 1060. The van der Waals surface area contributed by atoms with Gasteiger partial charge in [0.15, 0.2) is 11.5 Å². The Kier molecular flexibility index (Phi) is 4.47. The van der Waals surface area contributed by atoms with Crippen molar-refractivity contribution in [1.82, 2.24) is 9.99 Å². The van der Waals surface area contributed by atoms with E-state index in [-0.39, 0.29) is 18.0 Å². The zero-order valence-corrected chi connectivity index (χ0v) is 14.4. The Labute approximate surface area is 159 Å². The Hall–Kier alpha value is -4.14. The van der Waals surface area contributed by atoms with E-state index in [1.165, 1.54) is 18.3 Å². The second-order valence-corrected chi connectivity index (χ2v) is 5.86. The van der Waals surface area contributed by atoms with Crippen molar-refractivity contribution in [3.8, 4) is 17.2 Å². The summed E-state index contributed by atoms with van der Waals surface area (Å²) >= 11 is 0. The molecule has 0 atom stereocenters. The zero-order valence-electron chi connectivity index (χ0n) is 14.4. The molecule has 1 N–H and O–H groups in total. The number of nitro groups is 1. The lowest BCUT2D eigenvalue weighted by atomic mass is 10.1. The first-order valence-electron chi connectivity index (χ1n) is 8.27. The fourth-order valence-electron chi connectivity index (χ4n) is 2.73. The molecule has 0 fully saturated rings. The minimum absolute atomic E-state index is 0.00280. The van der Waals surface area contributed by atoms with Crippen LogP contribution in [0.4, 0.5) is 5.69 Å². The predicted octanol–water partition coefficient (Wildman–Crippen LogP) is 2.88. The van der Waals surface area contributed by atoms with E-state index >= 15 is 0 Å². The van der Waals surface area contributed by atoms with E-state index in [2.05, 4.69) is 10.5 Å². The second-order valence-electron chi connectivity index (χ2n) is 5.86. The van der Waals surface area contributed by atoms with Gasteiger partial charge in [-0.25, -0.2) is 5.43 Å². The van der Waals surface area contributed by atoms with Gasteiger partial charge < -0.3 is 14.0 Å².